The van der Waals surface area contributed by atoms with Gasteiger partial charge in [0.2, 0.25) is 10.0 Å². The number of hydrogen-bond donors (Lipinski definition) is 0. The van der Waals surface area contributed by atoms with E-state index in [1.165, 1.54) is 28.6 Å². The molecule has 0 N–H and O–H groups in total. The first-order valence-electron chi connectivity index (χ1n) is 7.84. The zero-order valence-electron chi connectivity index (χ0n) is 13.5. The number of sulfonamides is 1. The quantitative estimate of drug-likeness (QED) is 0.848. The minimum Gasteiger partial charge on any atom is -0.296 e. The molecule has 2 heterocycles. The molecule has 1 fully saturated rings. The average molecular weight is 349 g/mol. The fourth-order valence-electron chi connectivity index (χ4n) is 2.85. The zero-order valence-corrected chi connectivity index (χ0v) is 14.3. The largest absolute Gasteiger partial charge is 0.296 e. The maximum Gasteiger partial charge on any atom is 0.243 e. The molecule has 0 aliphatic carbocycles. The minimum absolute atomic E-state index is 0.139. The third-order valence-corrected chi connectivity index (χ3v) is 6.03. The Morgan fingerprint density at radius 1 is 1.08 bits per heavy atom. The van der Waals surface area contributed by atoms with Gasteiger partial charge in [-0.05, 0) is 42.3 Å². The maximum absolute atomic E-state index is 13.0. The molecule has 1 aliphatic heterocycles. The van der Waals surface area contributed by atoms with Crippen LogP contribution in [0, 0.1) is 12.7 Å². The third kappa shape index (κ3) is 3.80. The monoisotopic (exact) mass is 349 g/mol. The van der Waals surface area contributed by atoms with Crippen LogP contribution in [0.5, 0.6) is 0 Å². The molecule has 0 spiro atoms. The number of pyridine rings is 1. The predicted molar refractivity (Wildman–Crippen MR) is 89.4 cm³/mol. The molecule has 2 aromatic rings. The normalized spacial score (nSPS) is 17.1. The molecule has 0 amide bonds. The van der Waals surface area contributed by atoms with E-state index in [4.69, 9.17) is 0 Å². The zero-order chi connectivity index (χ0) is 17.2. The van der Waals surface area contributed by atoms with E-state index in [9.17, 15) is 12.8 Å². The summed E-state index contributed by atoms with van der Waals surface area (Å²) in [5.74, 6) is -0.439. The lowest BCUT2D eigenvalue weighted by Gasteiger charge is -2.34. The van der Waals surface area contributed by atoms with Crippen LogP contribution < -0.4 is 0 Å². The standard InChI is InChI=1S/C17H20FN3O2S/c1-14-10-15(12-19-11-14)13-20-6-8-21(9-7-20)24(22,23)17-4-2-16(18)3-5-17/h2-5,10-12H,6-9,13H2,1H3. The van der Waals surface area contributed by atoms with Gasteiger partial charge in [-0.15, -0.1) is 0 Å². The van der Waals surface area contributed by atoms with Crippen molar-refractivity contribution in [2.24, 2.45) is 0 Å². The van der Waals surface area contributed by atoms with Crippen molar-refractivity contribution in [2.45, 2.75) is 18.4 Å². The van der Waals surface area contributed by atoms with Crippen molar-refractivity contribution in [3.8, 4) is 0 Å². The minimum atomic E-state index is -3.55. The van der Waals surface area contributed by atoms with Gasteiger partial charge in [0, 0.05) is 45.1 Å². The Morgan fingerprint density at radius 3 is 2.38 bits per heavy atom. The molecule has 0 unspecified atom stereocenters. The van der Waals surface area contributed by atoms with Crippen molar-refractivity contribution in [1.82, 2.24) is 14.2 Å². The first kappa shape index (κ1) is 17.0. The fraction of sp³-hybridized carbons (Fsp3) is 0.353. The lowest BCUT2D eigenvalue weighted by molar-refractivity contribution is 0.181. The third-order valence-electron chi connectivity index (χ3n) is 4.12. The van der Waals surface area contributed by atoms with Gasteiger partial charge in [0.15, 0.2) is 0 Å². The van der Waals surface area contributed by atoms with E-state index < -0.39 is 15.8 Å². The number of rotatable bonds is 4. The van der Waals surface area contributed by atoms with Crippen molar-refractivity contribution in [3.63, 3.8) is 0 Å². The van der Waals surface area contributed by atoms with Gasteiger partial charge in [0.25, 0.3) is 0 Å². The van der Waals surface area contributed by atoms with Crippen LogP contribution in [0.1, 0.15) is 11.1 Å². The van der Waals surface area contributed by atoms with Gasteiger partial charge < -0.3 is 0 Å². The molecule has 0 atom stereocenters. The predicted octanol–water partition coefficient (Wildman–Crippen LogP) is 2.04. The molecule has 1 saturated heterocycles. The first-order chi connectivity index (χ1) is 11.4. The van der Waals surface area contributed by atoms with Crippen LogP contribution in [-0.4, -0.2) is 48.8 Å². The van der Waals surface area contributed by atoms with Crippen LogP contribution in [0.4, 0.5) is 4.39 Å². The Balaban J connectivity index is 1.63. The molecule has 0 saturated carbocycles. The Morgan fingerprint density at radius 2 is 1.75 bits per heavy atom. The summed E-state index contributed by atoms with van der Waals surface area (Å²) in [5, 5.41) is 0. The molecule has 5 nitrogen and oxygen atoms in total. The van der Waals surface area contributed by atoms with Crippen LogP contribution in [0.15, 0.2) is 47.6 Å². The van der Waals surface area contributed by atoms with Gasteiger partial charge in [0.05, 0.1) is 4.90 Å². The van der Waals surface area contributed by atoms with E-state index in [1.54, 1.807) is 0 Å². The van der Waals surface area contributed by atoms with Crippen LogP contribution in [0.2, 0.25) is 0 Å². The summed E-state index contributed by atoms with van der Waals surface area (Å²) in [5.41, 5.74) is 2.25. The molecule has 0 radical (unpaired) electrons. The van der Waals surface area contributed by atoms with Gasteiger partial charge in [-0.3, -0.25) is 9.88 Å². The van der Waals surface area contributed by atoms with E-state index >= 15 is 0 Å². The van der Waals surface area contributed by atoms with E-state index in [2.05, 4.69) is 16.0 Å². The number of hydrogen-bond acceptors (Lipinski definition) is 4. The summed E-state index contributed by atoms with van der Waals surface area (Å²) in [4.78, 5) is 6.54. The van der Waals surface area contributed by atoms with Gasteiger partial charge in [-0.2, -0.15) is 4.31 Å². The van der Waals surface area contributed by atoms with Gasteiger partial charge >= 0.3 is 0 Å². The van der Waals surface area contributed by atoms with Crippen LogP contribution in [0.3, 0.4) is 0 Å². The SMILES string of the molecule is Cc1cncc(CN2CCN(S(=O)(=O)c3ccc(F)cc3)CC2)c1. The first-order valence-corrected chi connectivity index (χ1v) is 9.28. The summed E-state index contributed by atoms with van der Waals surface area (Å²) in [6.45, 7) is 4.95. The number of aromatic nitrogens is 1. The second-order valence-electron chi connectivity index (χ2n) is 6.00. The van der Waals surface area contributed by atoms with Crippen molar-refractivity contribution in [3.05, 3.63) is 59.7 Å². The van der Waals surface area contributed by atoms with E-state index in [1.807, 2.05) is 19.3 Å². The Bertz CT molecular complexity index is 801. The smallest absolute Gasteiger partial charge is 0.243 e. The molecule has 1 aromatic heterocycles. The number of nitrogens with zero attached hydrogens (tertiary/aromatic N) is 3. The topological polar surface area (TPSA) is 53.5 Å². The molecular formula is C17H20FN3O2S. The van der Waals surface area contributed by atoms with Gasteiger partial charge in [0.1, 0.15) is 5.82 Å². The van der Waals surface area contributed by atoms with Gasteiger partial charge in [-0.1, -0.05) is 6.07 Å². The molecule has 1 aliphatic rings. The Kier molecular flexibility index (Phi) is 4.93. The Hall–Kier alpha value is -1.83. The fourth-order valence-corrected chi connectivity index (χ4v) is 4.27. The molecule has 3 rings (SSSR count). The summed E-state index contributed by atoms with van der Waals surface area (Å²) in [6.07, 6.45) is 3.66. The highest BCUT2D eigenvalue weighted by Crippen LogP contribution is 2.18. The van der Waals surface area contributed by atoms with Crippen molar-refractivity contribution >= 4 is 10.0 Å². The highest BCUT2D eigenvalue weighted by Gasteiger charge is 2.28. The summed E-state index contributed by atoms with van der Waals surface area (Å²) >= 11 is 0. The average Bonchev–Trinajstić information content (AvgIpc) is 2.56. The number of piperazine rings is 1. The molecule has 7 heteroatoms. The molecule has 1 aromatic carbocycles. The van der Waals surface area contributed by atoms with Crippen LogP contribution >= 0.6 is 0 Å². The lowest BCUT2D eigenvalue weighted by Crippen LogP contribution is -2.48. The van der Waals surface area contributed by atoms with Crippen molar-refractivity contribution in [2.75, 3.05) is 26.2 Å². The maximum atomic E-state index is 13.0. The molecule has 0 bridgehead atoms. The van der Waals surface area contributed by atoms with Gasteiger partial charge in [-0.25, -0.2) is 12.8 Å². The molecular weight excluding hydrogens is 329 g/mol. The number of halogens is 1. The van der Waals surface area contributed by atoms with Crippen LogP contribution in [-0.2, 0) is 16.6 Å². The van der Waals surface area contributed by atoms with E-state index in [-0.39, 0.29) is 4.90 Å². The summed E-state index contributed by atoms with van der Waals surface area (Å²) in [6, 6.07) is 7.07. The Labute approximate surface area is 141 Å². The molecule has 24 heavy (non-hydrogen) atoms. The van der Waals surface area contributed by atoms with E-state index in [0.29, 0.717) is 26.2 Å². The van der Waals surface area contributed by atoms with Crippen molar-refractivity contribution < 1.29 is 12.8 Å². The number of aryl methyl sites for hydroxylation is 1. The second kappa shape index (κ2) is 6.96. The van der Waals surface area contributed by atoms with E-state index in [0.717, 1.165) is 17.7 Å². The summed E-state index contributed by atoms with van der Waals surface area (Å²) in [7, 11) is -3.55. The second-order valence-corrected chi connectivity index (χ2v) is 7.94. The molecule has 128 valence electrons. The highest BCUT2D eigenvalue weighted by molar-refractivity contribution is 7.89. The van der Waals surface area contributed by atoms with Crippen LogP contribution in [0.25, 0.3) is 0 Å². The lowest BCUT2D eigenvalue weighted by atomic mass is 10.2. The van der Waals surface area contributed by atoms with Crippen molar-refractivity contribution in [1.29, 1.82) is 0 Å². The summed E-state index contributed by atoms with van der Waals surface area (Å²) < 4.78 is 39.6. The highest BCUT2D eigenvalue weighted by atomic mass is 32.2. The number of benzene rings is 1.